The van der Waals surface area contributed by atoms with Crippen molar-refractivity contribution in [2.45, 2.75) is 12.7 Å². The number of nitrogens with zero attached hydrogens (tertiary/aromatic N) is 1. The normalized spacial score (nSPS) is 11.5. The van der Waals surface area contributed by atoms with E-state index in [1.807, 2.05) is 6.07 Å². The molecule has 0 unspecified atom stereocenters. The maximum atomic E-state index is 12.9. The minimum absolute atomic E-state index is 0.214. The number of benzene rings is 1. The molecule has 2 nitrogen and oxygen atoms in total. The number of hydrogen-bond acceptors (Lipinski definition) is 3. The third-order valence-electron chi connectivity index (χ3n) is 2.93. The molecule has 0 aliphatic heterocycles. The first kappa shape index (κ1) is 15.9. The molecule has 2 aromatic rings. The van der Waals surface area contributed by atoms with Gasteiger partial charge in [-0.2, -0.15) is 13.2 Å². The number of rotatable bonds is 4. The fourth-order valence-electron chi connectivity index (χ4n) is 1.89. The van der Waals surface area contributed by atoms with Crippen LogP contribution in [0.3, 0.4) is 0 Å². The lowest BCUT2D eigenvalue weighted by molar-refractivity contribution is -0.137. The lowest BCUT2D eigenvalue weighted by Gasteiger charge is -2.20. The summed E-state index contributed by atoms with van der Waals surface area (Å²) in [7, 11) is 1.68. The van der Waals surface area contributed by atoms with E-state index in [4.69, 9.17) is 11.6 Å². The van der Waals surface area contributed by atoms with Gasteiger partial charge in [0.1, 0.15) is 0 Å². The maximum absolute atomic E-state index is 12.9. The van der Waals surface area contributed by atoms with Gasteiger partial charge in [-0.1, -0.05) is 11.6 Å². The SMILES string of the molecule is CN(Cc1ccc(Cl)s1)c1ccc(C=O)c(C(F)(F)F)c1. The van der Waals surface area contributed by atoms with Gasteiger partial charge in [0.15, 0.2) is 6.29 Å². The Morgan fingerprint density at radius 2 is 2.00 bits per heavy atom. The quantitative estimate of drug-likeness (QED) is 0.744. The van der Waals surface area contributed by atoms with Crippen LogP contribution in [0.15, 0.2) is 30.3 Å². The Morgan fingerprint density at radius 1 is 1.29 bits per heavy atom. The fourth-order valence-corrected chi connectivity index (χ4v) is 3.03. The second kappa shape index (κ2) is 6.07. The minimum Gasteiger partial charge on any atom is -0.369 e. The second-order valence-corrected chi connectivity index (χ2v) is 6.25. The van der Waals surface area contributed by atoms with E-state index in [0.29, 0.717) is 16.6 Å². The van der Waals surface area contributed by atoms with Gasteiger partial charge in [0, 0.05) is 23.2 Å². The van der Waals surface area contributed by atoms with Crippen molar-refractivity contribution >= 4 is 34.9 Å². The van der Waals surface area contributed by atoms with Crippen molar-refractivity contribution in [3.8, 4) is 0 Å². The molecule has 0 atom stereocenters. The molecule has 0 aliphatic carbocycles. The summed E-state index contributed by atoms with van der Waals surface area (Å²) in [4.78, 5) is 13.3. The Labute approximate surface area is 128 Å². The predicted molar refractivity (Wildman–Crippen MR) is 78.3 cm³/mol. The summed E-state index contributed by atoms with van der Waals surface area (Å²) in [5.74, 6) is 0. The van der Waals surface area contributed by atoms with Crippen LogP contribution in [-0.4, -0.2) is 13.3 Å². The Morgan fingerprint density at radius 3 is 2.52 bits per heavy atom. The molecule has 0 spiro atoms. The third kappa shape index (κ3) is 3.77. The van der Waals surface area contributed by atoms with Crippen molar-refractivity contribution in [2.75, 3.05) is 11.9 Å². The average Bonchev–Trinajstić information content (AvgIpc) is 2.82. The summed E-state index contributed by atoms with van der Waals surface area (Å²) in [6, 6.07) is 7.23. The molecule has 0 amide bonds. The molecule has 0 saturated carbocycles. The van der Waals surface area contributed by atoms with Gasteiger partial charge < -0.3 is 4.90 Å². The van der Waals surface area contributed by atoms with Crippen molar-refractivity contribution in [1.82, 2.24) is 0 Å². The molecule has 1 aromatic carbocycles. The highest BCUT2D eigenvalue weighted by molar-refractivity contribution is 7.16. The van der Waals surface area contributed by atoms with Crippen molar-refractivity contribution in [1.29, 1.82) is 0 Å². The molecule has 7 heteroatoms. The van der Waals surface area contributed by atoms with Crippen molar-refractivity contribution in [3.05, 3.63) is 50.7 Å². The maximum Gasteiger partial charge on any atom is 0.417 e. The van der Waals surface area contributed by atoms with Crippen molar-refractivity contribution in [2.24, 2.45) is 0 Å². The van der Waals surface area contributed by atoms with Crippen LogP contribution >= 0.6 is 22.9 Å². The number of thiophene rings is 1. The number of aldehydes is 1. The van der Waals surface area contributed by atoms with Crippen molar-refractivity contribution < 1.29 is 18.0 Å². The second-order valence-electron chi connectivity index (χ2n) is 4.45. The summed E-state index contributed by atoms with van der Waals surface area (Å²) in [5, 5.41) is 0. The van der Waals surface area contributed by atoms with Crippen LogP contribution < -0.4 is 4.90 Å². The van der Waals surface area contributed by atoms with E-state index < -0.39 is 11.7 Å². The predicted octanol–water partition coefficient (Wildman–Crippen LogP) is 4.87. The van der Waals surface area contributed by atoms with Gasteiger partial charge in [0.05, 0.1) is 16.4 Å². The van der Waals surface area contributed by atoms with E-state index in [0.717, 1.165) is 10.9 Å². The van der Waals surface area contributed by atoms with E-state index >= 15 is 0 Å². The molecule has 1 heterocycles. The largest absolute Gasteiger partial charge is 0.417 e. The van der Waals surface area contributed by atoms with Gasteiger partial charge >= 0.3 is 6.18 Å². The highest BCUT2D eigenvalue weighted by Gasteiger charge is 2.33. The first-order valence-corrected chi connectivity index (χ1v) is 7.12. The fraction of sp³-hybridized carbons (Fsp3) is 0.214. The van der Waals surface area contributed by atoms with Gasteiger partial charge in [0.2, 0.25) is 0 Å². The molecule has 0 bridgehead atoms. The van der Waals surface area contributed by atoms with Gasteiger partial charge in [-0.25, -0.2) is 0 Å². The summed E-state index contributed by atoms with van der Waals surface area (Å²) in [6.07, 6.45) is -4.34. The van der Waals surface area contributed by atoms with Gasteiger partial charge in [-0.3, -0.25) is 4.79 Å². The molecular weight excluding hydrogens is 323 g/mol. The summed E-state index contributed by atoms with van der Waals surface area (Å²) in [5.41, 5.74) is -0.901. The van der Waals surface area contributed by atoms with Gasteiger partial charge in [-0.05, 0) is 30.3 Å². The summed E-state index contributed by atoms with van der Waals surface area (Å²) < 4.78 is 39.4. The zero-order valence-electron chi connectivity index (χ0n) is 10.9. The average molecular weight is 334 g/mol. The number of halogens is 4. The lowest BCUT2D eigenvalue weighted by atomic mass is 10.1. The Hall–Kier alpha value is -1.53. The van der Waals surface area contributed by atoms with E-state index in [2.05, 4.69) is 0 Å². The van der Waals surface area contributed by atoms with Crippen molar-refractivity contribution in [3.63, 3.8) is 0 Å². The molecule has 0 radical (unpaired) electrons. The molecule has 2 rings (SSSR count). The summed E-state index contributed by atoms with van der Waals surface area (Å²) in [6.45, 7) is 0.440. The standard InChI is InChI=1S/C14H11ClF3NOS/c1-19(7-11-4-5-13(15)21-11)10-3-2-9(8-20)12(6-10)14(16,17)18/h2-6,8H,7H2,1H3. The Balaban J connectivity index is 2.29. The number of carbonyl (C=O) groups is 1. The molecule has 112 valence electrons. The molecule has 0 saturated heterocycles. The van der Waals surface area contributed by atoms with Gasteiger partial charge in [-0.15, -0.1) is 11.3 Å². The topological polar surface area (TPSA) is 20.3 Å². The van der Waals surface area contributed by atoms with Crippen LogP contribution in [0.5, 0.6) is 0 Å². The smallest absolute Gasteiger partial charge is 0.369 e. The van der Waals surface area contributed by atoms with Crippen LogP contribution in [0.25, 0.3) is 0 Å². The van der Waals surface area contributed by atoms with Crippen LogP contribution in [-0.2, 0) is 12.7 Å². The monoisotopic (exact) mass is 333 g/mol. The van der Waals surface area contributed by atoms with E-state index in [1.54, 1.807) is 18.0 Å². The number of carbonyl (C=O) groups excluding carboxylic acids is 1. The molecule has 0 N–H and O–H groups in total. The Kier molecular flexibility index (Phi) is 4.58. The van der Waals surface area contributed by atoms with Crippen LogP contribution in [0.1, 0.15) is 20.8 Å². The highest BCUT2D eigenvalue weighted by Crippen LogP contribution is 2.34. The molecule has 0 aliphatic rings. The summed E-state index contributed by atoms with van der Waals surface area (Å²) >= 11 is 7.20. The third-order valence-corrected chi connectivity index (χ3v) is 4.15. The first-order chi connectivity index (χ1) is 9.81. The van der Waals surface area contributed by atoms with E-state index in [9.17, 15) is 18.0 Å². The molecule has 0 fully saturated rings. The lowest BCUT2D eigenvalue weighted by Crippen LogP contribution is -2.17. The highest BCUT2D eigenvalue weighted by atomic mass is 35.5. The first-order valence-electron chi connectivity index (χ1n) is 5.93. The number of alkyl halides is 3. The number of hydrogen-bond donors (Lipinski definition) is 0. The van der Waals surface area contributed by atoms with Gasteiger partial charge in [0.25, 0.3) is 0 Å². The van der Waals surface area contributed by atoms with E-state index in [-0.39, 0.29) is 11.8 Å². The van der Waals surface area contributed by atoms with Crippen LogP contribution in [0.4, 0.5) is 18.9 Å². The Bertz CT molecular complexity index is 654. The van der Waals surface area contributed by atoms with E-state index in [1.165, 1.54) is 23.5 Å². The van der Waals surface area contributed by atoms with Crippen LogP contribution in [0.2, 0.25) is 4.34 Å². The molecule has 21 heavy (non-hydrogen) atoms. The number of anilines is 1. The molecular formula is C14H11ClF3NOS. The zero-order chi connectivity index (χ0) is 15.6. The minimum atomic E-state index is -4.56. The van der Waals surface area contributed by atoms with Crippen LogP contribution in [0, 0.1) is 0 Å². The zero-order valence-corrected chi connectivity index (χ0v) is 12.5. The molecule has 1 aromatic heterocycles.